The quantitative estimate of drug-likeness (QED) is 0.706. The van der Waals surface area contributed by atoms with Crippen LogP contribution in [0.2, 0.25) is 15.3 Å². The zero-order chi connectivity index (χ0) is 14.3. The number of hydrogen-bond acceptors (Lipinski definition) is 4. The summed E-state index contributed by atoms with van der Waals surface area (Å²) in [5.41, 5.74) is 7.58. The normalized spacial score (nSPS) is 10.9. The highest BCUT2D eigenvalue weighted by atomic mass is 35.5. The van der Waals surface area contributed by atoms with E-state index in [0.717, 1.165) is 5.56 Å². The first-order valence-corrected chi connectivity index (χ1v) is 6.66. The van der Waals surface area contributed by atoms with Crippen LogP contribution in [0.4, 0.5) is 5.88 Å². The topological polar surface area (TPSA) is 65.2 Å². The van der Waals surface area contributed by atoms with Gasteiger partial charge in [0.15, 0.2) is 16.7 Å². The van der Waals surface area contributed by atoms with Crippen LogP contribution < -0.4 is 5.73 Å². The van der Waals surface area contributed by atoms with Gasteiger partial charge in [0.25, 0.3) is 0 Å². The van der Waals surface area contributed by atoms with Crippen LogP contribution in [-0.4, -0.2) is 5.16 Å². The van der Waals surface area contributed by atoms with Gasteiger partial charge in [-0.1, -0.05) is 34.4 Å². The molecule has 2 heterocycles. The highest BCUT2D eigenvalue weighted by Crippen LogP contribution is 2.39. The molecule has 4 nitrogen and oxygen atoms in total. The molecule has 0 radical (unpaired) electrons. The van der Waals surface area contributed by atoms with Crippen LogP contribution >= 0.6 is 34.8 Å². The van der Waals surface area contributed by atoms with Crippen LogP contribution in [0.15, 0.2) is 39.3 Å². The van der Waals surface area contributed by atoms with E-state index in [1.54, 1.807) is 30.3 Å². The lowest BCUT2D eigenvalue weighted by Gasteiger charge is -2.03. The van der Waals surface area contributed by atoms with Gasteiger partial charge in [-0.25, -0.2) is 0 Å². The van der Waals surface area contributed by atoms with Gasteiger partial charge in [-0.2, -0.15) is 0 Å². The molecule has 1 aromatic carbocycles. The van der Waals surface area contributed by atoms with Crippen molar-refractivity contribution in [2.75, 3.05) is 5.73 Å². The van der Waals surface area contributed by atoms with Crippen molar-refractivity contribution >= 4 is 40.7 Å². The Morgan fingerprint density at radius 1 is 1.00 bits per heavy atom. The smallest absolute Gasteiger partial charge is 0.230 e. The number of anilines is 1. The second-order valence-corrected chi connectivity index (χ2v) is 5.19. The van der Waals surface area contributed by atoms with Crippen LogP contribution in [-0.2, 0) is 0 Å². The van der Waals surface area contributed by atoms with Gasteiger partial charge in [0.2, 0.25) is 5.88 Å². The summed E-state index contributed by atoms with van der Waals surface area (Å²) in [4.78, 5) is 0. The van der Waals surface area contributed by atoms with Gasteiger partial charge in [0, 0.05) is 0 Å². The maximum absolute atomic E-state index is 6.02. The predicted molar refractivity (Wildman–Crippen MR) is 79.1 cm³/mol. The molecular weight excluding hydrogens is 323 g/mol. The van der Waals surface area contributed by atoms with E-state index in [1.807, 2.05) is 0 Å². The van der Waals surface area contributed by atoms with E-state index in [2.05, 4.69) is 5.16 Å². The lowest BCUT2D eigenvalue weighted by atomic mass is 10.0. The molecule has 102 valence electrons. The molecule has 7 heteroatoms. The maximum Gasteiger partial charge on any atom is 0.230 e. The molecule has 2 aromatic heterocycles. The van der Waals surface area contributed by atoms with E-state index >= 15 is 0 Å². The Morgan fingerprint density at radius 3 is 2.45 bits per heavy atom. The molecule has 0 aliphatic heterocycles. The molecule has 0 amide bonds. The number of benzene rings is 1. The number of rotatable bonds is 2. The number of furan rings is 1. The van der Waals surface area contributed by atoms with Crippen molar-refractivity contribution in [1.29, 1.82) is 0 Å². The van der Waals surface area contributed by atoms with Crippen molar-refractivity contribution in [3.63, 3.8) is 0 Å². The summed E-state index contributed by atoms with van der Waals surface area (Å²) >= 11 is 17.7. The second-order valence-electron chi connectivity index (χ2n) is 4.00. The van der Waals surface area contributed by atoms with Gasteiger partial charge in [-0.3, -0.25) is 0 Å². The first-order valence-electron chi connectivity index (χ1n) is 5.52. The Labute approximate surface area is 129 Å². The van der Waals surface area contributed by atoms with Crippen LogP contribution in [0.1, 0.15) is 0 Å². The minimum atomic E-state index is 0.158. The van der Waals surface area contributed by atoms with Crippen molar-refractivity contribution in [2.24, 2.45) is 0 Å². The predicted octanol–water partition coefficient (Wildman–Crippen LogP) is 5.14. The second kappa shape index (κ2) is 5.05. The monoisotopic (exact) mass is 328 g/mol. The molecule has 0 aliphatic carbocycles. The van der Waals surface area contributed by atoms with Crippen molar-refractivity contribution in [3.05, 3.63) is 45.6 Å². The molecule has 3 rings (SSSR count). The van der Waals surface area contributed by atoms with Crippen molar-refractivity contribution in [2.45, 2.75) is 0 Å². The van der Waals surface area contributed by atoms with Crippen LogP contribution in [0, 0.1) is 0 Å². The minimum Gasteiger partial charge on any atom is -0.443 e. The van der Waals surface area contributed by atoms with Crippen LogP contribution in [0.5, 0.6) is 0 Å². The summed E-state index contributed by atoms with van der Waals surface area (Å²) in [6, 6.07) is 8.41. The van der Waals surface area contributed by atoms with E-state index in [1.165, 1.54) is 0 Å². The van der Waals surface area contributed by atoms with E-state index in [-0.39, 0.29) is 11.1 Å². The third kappa shape index (κ3) is 2.26. The first-order chi connectivity index (χ1) is 9.56. The summed E-state index contributed by atoms with van der Waals surface area (Å²) in [5, 5.41) is 5.01. The number of hydrogen-bond donors (Lipinski definition) is 1. The number of nitrogen functional groups attached to an aromatic ring is 1. The Kier molecular flexibility index (Phi) is 3.38. The standard InChI is InChI=1S/C13H7Cl3N2O2/c14-7-2-1-6(5-8(7)15)11-12(18-20-13(11)17)9-3-4-10(16)19-9/h1-5H,17H2. The highest BCUT2D eigenvalue weighted by molar-refractivity contribution is 6.42. The lowest BCUT2D eigenvalue weighted by Crippen LogP contribution is -1.87. The van der Waals surface area contributed by atoms with Crippen LogP contribution in [0.3, 0.4) is 0 Å². The molecule has 0 atom stereocenters. The van der Waals surface area contributed by atoms with Gasteiger partial charge in [0.05, 0.1) is 15.6 Å². The SMILES string of the molecule is Nc1onc(-c2ccc(Cl)o2)c1-c1ccc(Cl)c(Cl)c1. The Hall–Kier alpha value is -1.62. The van der Waals surface area contributed by atoms with E-state index in [9.17, 15) is 0 Å². The van der Waals surface area contributed by atoms with Crippen molar-refractivity contribution in [3.8, 4) is 22.6 Å². The van der Waals surface area contributed by atoms with Gasteiger partial charge in [0.1, 0.15) is 0 Å². The molecule has 0 bridgehead atoms. The summed E-state index contributed by atoms with van der Waals surface area (Å²) in [6.45, 7) is 0. The van der Waals surface area contributed by atoms with Gasteiger partial charge < -0.3 is 14.7 Å². The van der Waals surface area contributed by atoms with Gasteiger partial charge >= 0.3 is 0 Å². The van der Waals surface area contributed by atoms with E-state index in [4.69, 9.17) is 49.5 Å². The minimum absolute atomic E-state index is 0.158. The number of nitrogens with two attached hydrogens (primary N) is 1. The third-order valence-electron chi connectivity index (χ3n) is 2.73. The lowest BCUT2D eigenvalue weighted by molar-refractivity contribution is 0.436. The molecule has 3 aromatic rings. The molecule has 0 saturated heterocycles. The number of halogens is 3. The fraction of sp³-hybridized carbons (Fsp3) is 0. The first kappa shape index (κ1) is 13.4. The molecule has 0 spiro atoms. The largest absolute Gasteiger partial charge is 0.443 e. The Bertz CT molecular complexity index is 780. The molecule has 2 N–H and O–H groups in total. The Balaban J connectivity index is 2.18. The van der Waals surface area contributed by atoms with Crippen LogP contribution in [0.25, 0.3) is 22.6 Å². The summed E-state index contributed by atoms with van der Waals surface area (Å²) < 4.78 is 10.4. The molecule has 0 saturated carbocycles. The molecular formula is C13H7Cl3N2O2. The molecule has 0 unspecified atom stereocenters. The number of aromatic nitrogens is 1. The Morgan fingerprint density at radius 2 is 1.80 bits per heavy atom. The van der Waals surface area contributed by atoms with Crippen molar-refractivity contribution < 1.29 is 8.94 Å². The summed E-state index contributed by atoms with van der Waals surface area (Å²) in [7, 11) is 0. The van der Waals surface area contributed by atoms with Crippen molar-refractivity contribution in [1.82, 2.24) is 5.16 Å². The average molecular weight is 330 g/mol. The van der Waals surface area contributed by atoms with E-state index < -0.39 is 0 Å². The zero-order valence-electron chi connectivity index (χ0n) is 9.86. The van der Waals surface area contributed by atoms with Gasteiger partial charge in [-0.15, -0.1) is 0 Å². The molecule has 0 fully saturated rings. The molecule has 20 heavy (non-hydrogen) atoms. The highest BCUT2D eigenvalue weighted by Gasteiger charge is 2.20. The fourth-order valence-electron chi connectivity index (χ4n) is 1.84. The molecule has 0 aliphatic rings. The fourth-order valence-corrected chi connectivity index (χ4v) is 2.29. The van der Waals surface area contributed by atoms with Gasteiger partial charge in [-0.05, 0) is 41.4 Å². The van der Waals surface area contributed by atoms with E-state index in [0.29, 0.717) is 27.1 Å². The summed E-state index contributed by atoms with van der Waals surface area (Å²) in [6.07, 6.45) is 0. The maximum atomic E-state index is 6.02. The summed E-state index contributed by atoms with van der Waals surface area (Å²) in [5.74, 6) is 0.613. The third-order valence-corrected chi connectivity index (χ3v) is 3.68. The average Bonchev–Trinajstić information content (AvgIpc) is 2.99. The number of nitrogens with zero attached hydrogens (tertiary/aromatic N) is 1. The zero-order valence-corrected chi connectivity index (χ0v) is 12.1.